The number of carbonyl (C=O) groups excluding carboxylic acids is 1. The fourth-order valence-corrected chi connectivity index (χ4v) is 2.56. The van der Waals surface area contributed by atoms with Crippen molar-refractivity contribution in [3.63, 3.8) is 0 Å². The summed E-state index contributed by atoms with van der Waals surface area (Å²) in [5, 5.41) is 4.94. The molecule has 0 aromatic carbocycles. The molecule has 2 rings (SSSR count). The summed E-state index contributed by atoms with van der Waals surface area (Å²) in [6, 6.07) is 1.98. The number of aryl methyl sites for hydroxylation is 1. The van der Waals surface area contributed by atoms with Gasteiger partial charge < -0.3 is 5.32 Å². The van der Waals surface area contributed by atoms with Gasteiger partial charge >= 0.3 is 0 Å². The number of anilines is 1. The third-order valence-corrected chi connectivity index (χ3v) is 4.08. The van der Waals surface area contributed by atoms with Crippen molar-refractivity contribution < 1.29 is 4.79 Å². The first-order valence-electron chi connectivity index (χ1n) is 3.78. The lowest BCUT2D eigenvalue weighted by atomic mass is 10.2. The van der Waals surface area contributed by atoms with Crippen molar-refractivity contribution in [3.05, 3.63) is 16.3 Å². The summed E-state index contributed by atoms with van der Waals surface area (Å²) in [7, 11) is 0. The molecule has 1 aromatic heterocycles. The SMILES string of the molecule is O=C1Nc2ccsc2CCC1I. The van der Waals surface area contributed by atoms with Gasteiger partial charge in [0.2, 0.25) is 5.91 Å². The van der Waals surface area contributed by atoms with E-state index in [2.05, 4.69) is 27.9 Å². The third kappa shape index (κ3) is 1.50. The zero-order valence-corrected chi connectivity index (χ0v) is 9.31. The molecule has 0 fully saturated rings. The highest BCUT2D eigenvalue weighted by atomic mass is 127. The van der Waals surface area contributed by atoms with E-state index in [-0.39, 0.29) is 9.83 Å². The number of halogens is 1. The number of carbonyl (C=O) groups is 1. The van der Waals surface area contributed by atoms with Crippen LogP contribution in [0.3, 0.4) is 0 Å². The number of hydrogen-bond donors (Lipinski definition) is 1. The van der Waals surface area contributed by atoms with E-state index in [1.165, 1.54) is 4.88 Å². The van der Waals surface area contributed by atoms with Gasteiger partial charge in [0, 0.05) is 4.88 Å². The summed E-state index contributed by atoms with van der Waals surface area (Å²) < 4.78 is 0.127. The average molecular weight is 293 g/mol. The quantitative estimate of drug-likeness (QED) is 0.578. The summed E-state index contributed by atoms with van der Waals surface area (Å²) in [6.45, 7) is 0. The summed E-state index contributed by atoms with van der Waals surface area (Å²) in [5.41, 5.74) is 1.02. The summed E-state index contributed by atoms with van der Waals surface area (Å²) in [6.07, 6.45) is 1.99. The Kier molecular flexibility index (Phi) is 2.36. The second-order valence-corrected chi connectivity index (χ2v) is 5.26. The molecule has 0 saturated heterocycles. The highest BCUT2D eigenvalue weighted by Gasteiger charge is 2.20. The number of rotatable bonds is 0. The maximum atomic E-state index is 11.4. The molecular formula is C8H8INOS. The van der Waals surface area contributed by atoms with Gasteiger partial charge in [-0.1, -0.05) is 22.6 Å². The van der Waals surface area contributed by atoms with Crippen LogP contribution in [0.15, 0.2) is 11.4 Å². The van der Waals surface area contributed by atoms with Crippen molar-refractivity contribution in [2.45, 2.75) is 16.8 Å². The van der Waals surface area contributed by atoms with Crippen LogP contribution in [-0.4, -0.2) is 9.83 Å². The van der Waals surface area contributed by atoms with Gasteiger partial charge in [0.15, 0.2) is 0 Å². The fourth-order valence-electron chi connectivity index (χ4n) is 1.25. The molecule has 1 aromatic rings. The Labute approximate surface area is 88.5 Å². The molecule has 1 unspecified atom stereocenters. The zero-order chi connectivity index (χ0) is 8.55. The Morgan fingerprint density at radius 3 is 3.33 bits per heavy atom. The first kappa shape index (κ1) is 8.50. The summed E-state index contributed by atoms with van der Waals surface area (Å²) >= 11 is 3.92. The second-order valence-electron chi connectivity index (χ2n) is 2.75. The Morgan fingerprint density at radius 2 is 2.50 bits per heavy atom. The number of hydrogen-bond acceptors (Lipinski definition) is 2. The van der Waals surface area contributed by atoms with Gasteiger partial charge in [-0.25, -0.2) is 0 Å². The largest absolute Gasteiger partial charge is 0.324 e. The normalized spacial score (nSPS) is 22.8. The van der Waals surface area contributed by atoms with Gasteiger partial charge in [0.25, 0.3) is 0 Å². The topological polar surface area (TPSA) is 29.1 Å². The number of thiophene rings is 1. The predicted molar refractivity (Wildman–Crippen MR) is 59.1 cm³/mol. The maximum Gasteiger partial charge on any atom is 0.237 e. The molecular weight excluding hydrogens is 285 g/mol. The molecule has 0 radical (unpaired) electrons. The molecule has 1 aliphatic heterocycles. The number of nitrogens with one attached hydrogen (secondary N) is 1. The van der Waals surface area contributed by atoms with Crippen molar-refractivity contribution in [1.29, 1.82) is 0 Å². The van der Waals surface area contributed by atoms with Crippen molar-refractivity contribution in [3.8, 4) is 0 Å². The zero-order valence-electron chi connectivity index (χ0n) is 6.34. The monoisotopic (exact) mass is 293 g/mol. The molecule has 0 bridgehead atoms. The van der Waals surface area contributed by atoms with Crippen molar-refractivity contribution in [2.75, 3.05) is 5.32 Å². The molecule has 1 atom stereocenters. The molecule has 1 amide bonds. The van der Waals surface area contributed by atoms with E-state index in [9.17, 15) is 4.79 Å². The molecule has 64 valence electrons. The molecule has 2 nitrogen and oxygen atoms in total. The van der Waals surface area contributed by atoms with E-state index in [1.54, 1.807) is 11.3 Å². The van der Waals surface area contributed by atoms with Crippen LogP contribution in [0.25, 0.3) is 0 Å². The molecule has 2 heterocycles. The van der Waals surface area contributed by atoms with Crippen LogP contribution < -0.4 is 5.32 Å². The van der Waals surface area contributed by atoms with E-state index >= 15 is 0 Å². The van der Waals surface area contributed by atoms with E-state index < -0.39 is 0 Å². The van der Waals surface area contributed by atoms with Crippen LogP contribution in [0, 0.1) is 0 Å². The van der Waals surface area contributed by atoms with Crippen LogP contribution >= 0.6 is 33.9 Å². The minimum atomic E-state index is 0.127. The average Bonchev–Trinajstić information content (AvgIpc) is 2.43. The van der Waals surface area contributed by atoms with E-state index in [1.807, 2.05) is 11.4 Å². The minimum absolute atomic E-state index is 0.127. The molecule has 1 N–H and O–H groups in total. The van der Waals surface area contributed by atoms with Crippen LogP contribution in [0.4, 0.5) is 5.69 Å². The molecule has 0 aliphatic carbocycles. The maximum absolute atomic E-state index is 11.4. The van der Waals surface area contributed by atoms with Gasteiger partial charge in [-0.15, -0.1) is 11.3 Å². The van der Waals surface area contributed by atoms with Crippen LogP contribution in [-0.2, 0) is 11.2 Å². The smallest absolute Gasteiger partial charge is 0.237 e. The number of amides is 1. The summed E-state index contributed by atoms with van der Waals surface area (Å²) in [4.78, 5) is 12.7. The van der Waals surface area contributed by atoms with Crippen LogP contribution in [0.2, 0.25) is 0 Å². The second kappa shape index (κ2) is 3.33. The Morgan fingerprint density at radius 1 is 1.67 bits per heavy atom. The first-order chi connectivity index (χ1) is 5.77. The summed E-state index contributed by atoms with van der Waals surface area (Å²) in [5.74, 6) is 0.146. The minimum Gasteiger partial charge on any atom is -0.324 e. The van der Waals surface area contributed by atoms with Gasteiger partial charge in [-0.2, -0.15) is 0 Å². The molecule has 1 aliphatic rings. The highest BCUT2D eigenvalue weighted by Crippen LogP contribution is 2.28. The Balaban J connectivity index is 2.30. The van der Waals surface area contributed by atoms with Crippen molar-refractivity contribution >= 4 is 45.5 Å². The highest BCUT2D eigenvalue weighted by molar-refractivity contribution is 14.1. The molecule has 0 spiro atoms. The molecule has 4 heteroatoms. The van der Waals surface area contributed by atoms with Gasteiger partial charge in [0.05, 0.1) is 9.61 Å². The Hall–Kier alpha value is -0.100. The standard InChI is InChI=1S/C8H8INOS/c9-5-1-2-7-6(3-4-12-7)10-8(5)11/h3-5H,1-2H2,(H,10,11). The van der Waals surface area contributed by atoms with Gasteiger partial charge in [0.1, 0.15) is 0 Å². The Bertz CT molecular complexity index is 310. The van der Waals surface area contributed by atoms with E-state index in [0.717, 1.165) is 18.5 Å². The van der Waals surface area contributed by atoms with Crippen molar-refractivity contribution in [1.82, 2.24) is 0 Å². The number of fused-ring (bicyclic) bond motifs is 1. The van der Waals surface area contributed by atoms with E-state index in [4.69, 9.17) is 0 Å². The molecule has 12 heavy (non-hydrogen) atoms. The third-order valence-electron chi connectivity index (χ3n) is 1.91. The lowest BCUT2D eigenvalue weighted by molar-refractivity contribution is -0.115. The van der Waals surface area contributed by atoms with Crippen LogP contribution in [0.1, 0.15) is 11.3 Å². The van der Waals surface area contributed by atoms with Crippen molar-refractivity contribution in [2.24, 2.45) is 0 Å². The lowest BCUT2D eigenvalue weighted by Crippen LogP contribution is -2.20. The van der Waals surface area contributed by atoms with Crippen LogP contribution in [0.5, 0.6) is 0 Å². The number of alkyl halides is 1. The predicted octanol–water partition coefficient (Wildman–Crippen LogP) is 2.44. The molecule has 0 saturated carbocycles. The van der Waals surface area contributed by atoms with Gasteiger partial charge in [-0.05, 0) is 24.3 Å². The van der Waals surface area contributed by atoms with E-state index in [0.29, 0.717) is 0 Å². The first-order valence-corrected chi connectivity index (χ1v) is 5.91. The fraction of sp³-hybridized carbons (Fsp3) is 0.375. The van der Waals surface area contributed by atoms with Gasteiger partial charge in [-0.3, -0.25) is 4.79 Å². The lowest BCUT2D eigenvalue weighted by Gasteiger charge is -2.03.